The van der Waals surface area contributed by atoms with Gasteiger partial charge < -0.3 is 10.5 Å². The third-order valence-electron chi connectivity index (χ3n) is 1.57. The first-order chi connectivity index (χ1) is 7.26. The molecule has 0 saturated heterocycles. The van der Waals surface area contributed by atoms with Crippen LogP contribution in [0.2, 0.25) is 0 Å². The molecule has 0 aliphatic carbocycles. The molecule has 2 N–H and O–H groups in total. The third-order valence-corrected chi connectivity index (χ3v) is 1.57. The van der Waals surface area contributed by atoms with E-state index in [0.29, 0.717) is 4.90 Å². The number of carbonyl (C=O) groups is 1. The number of nitrogens with two attached hydrogens (primary N) is 1. The molecule has 0 saturated carbocycles. The Balaban J connectivity index is 4.24. The van der Waals surface area contributed by atoms with Gasteiger partial charge in [0.25, 0.3) is 0 Å². The van der Waals surface area contributed by atoms with E-state index in [-0.39, 0.29) is 25.6 Å². The molecule has 0 bridgehead atoms. The van der Waals surface area contributed by atoms with Crippen LogP contribution in [0, 0.1) is 5.92 Å². The van der Waals surface area contributed by atoms with Crippen LogP contribution in [-0.2, 0) is 4.74 Å². The topological polar surface area (TPSA) is 55.6 Å². The van der Waals surface area contributed by atoms with Crippen molar-refractivity contribution >= 4 is 6.09 Å². The summed E-state index contributed by atoms with van der Waals surface area (Å²) in [6.07, 6.45) is -5.41. The second-order valence-electron chi connectivity index (χ2n) is 3.80. The average molecular weight is 242 g/mol. The molecule has 0 aromatic rings. The Morgan fingerprint density at radius 2 is 2.00 bits per heavy atom. The van der Waals surface area contributed by atoms with E-state index in [1.54, 1.807) is 13.8 Å². The fourth-order valence-electron chi connectivity index (χ4n) is 0.936. The van der Waals surface area contributed by atoms with Crippen molar-refractivity contribution in [1.82, 2.24) is 4.90 Å². The molecule has 0 aliphatic heterocycles. The first-order valence-corrected chi connectivity index (χ1v) is 4.94. The molecule has 16 heavy (non-hydrogen) atoms. The zero-order chi connectivity index (χ0) is 12.8. The van der Waals surface area contributed by atoms with Gasteiger partial charge in [0.15, 0.2) is 0 Å². The van der Waals surface area contributed by atoms with Gasteiger partial charge in [-0.2, -0.15) is 13.2 Å². The first kappa shape index (κ1) is 15.0. The average Bonchev–Trinajstić information content (AvgIpc) is 2.11. The van der Waals surface area contributed by atoms with Gasteiger partial charge in [0.2, 0.25) is 0 Å². The van der Waals surface area contributed by atoms with Crippen molar-refractivity contribution in [3.8, 4) is 0 Å². The molecule has 1 amide bonds. The van der Waals surface area contributed by atoms with Crippen LogP contribution in [0.15, 0.2) is 0 Å². The van der Waals surface area contributed by atoms with Crippen molar-refractivity contribution in [2.24, 2.45) is 11.7 Å². The molecule has 7 heteroatoms. The van der Waals surface area contributed by atoms with E-state index in [4.69, 9.17) is 10.5 Å². The Kier molecular flexibility index (Phi) is 6.17. The van der Waals surface area contributed by atoms with Crippen molar-refractivity contribution in [2.75, 3.05) is 26.2 Å². The van der Waals surface area contributed by atoms with Crippen LogP contribution in [0.5, 0.6) is 0 Å². The Labute approximate surface area is 92.5 Å². The van der Waals surface area contributed by atoms with E-state index in [9.17, 15) is 18.0 Å². The molecule has 0 aromatic heterocycles. The number of rotatable bonds is 5. The Bertz CT molecular complexity index is 219. The summed E-state index contributed by atoms with van der Waals surface area (Å²) in [5.41, 5.74) is 5.13. The molecule has 0 fully saturated rings. The van der Waals surface area contributed by atoms with Crippen LogP contribution in [-0.4, -0.2) is 43.4 Å². The molecule has 0 aromatic carbocycles. The van der Waals surface area contributed by atoms with Crippen LogP contribution < -0.4 is 5.73 Å². The van der Waals surface area contributed by atoms with Gasteiger partial charge in [-0.05, 0) is 5.92 Å². The van der Waals surface area contributed by atoms with Gasteiger partial charge in [-0.25, -0.2) is 4.79 Å². The van der Waals surface area contributed by atoms with Gasteiger partial charge in [0.05, 0.1) is 6.61 Å². The molecule has 0 atom stereocenters. The minimum absolute atomic E-state index is 0.0349. The van der Waals surface area contributed by atoms with Crippen molar-refractivity contribution in [2.45, 2.75) is 20.0 Å². The maximum atomic E-state index is 12.1. The van der Waals surface area contributed by atoms with Crippen molar-refractivity contribution in [3.63, 3.8) is 0 Å². The van der Waals surface area contributed by atoms with E-state index < -0.39 is 18.8 Å². The number of ether oxygens (including phenoxy) is 1. The predicted molar refractivity (Wildman–Crippen MR) is 52.9 cm³/mol. The summed E-state index contributed by atoms with van der Waals surface area (Å²) >= 11 is 0. The molecule has 0 heterocycles. The van der Waals surface area contributed by atoms with Crippen molar-refractivity contribution < 1.29 is 22.7 Å². The number of amides is 1. The summed E-state index contributed by atoms with van der Waals surface area (Å²) in [6.45, 7) is 2.15. The smallest absolute Gasteiger partial charge is 0.410 e. The zero-order valence-electron chi connectivity index (χ0n) is 9.38. The first-order valence-electron chi connectivity index (χ1n) is 4.94. The highest BCUT2D eigenvalue weighted by atomic mass is 19.4. The zero-order valence-corrected chi connectivity index (χ0v) is 9.38. The summed E-state index contributed by atoms with van der Waals surface area (Å²) in [6, 6.07) is 0. The largest absolute Gasteiger partial charge is 0.449 e. The van der Waals surface area contributed by atoms with Crippen molar-refractivity contribution in [1.29, 1.82) is 0 Å². The van der Waals surface area contributed by atoms with E-state index in [1.165, 1.54) is 0 Å². The van der Waals surface area contributed by atoms with Crippen LogP contribution in [0.4, 0.5) is 18.0 Å². The minimum Gasteiger partial charge on any atom is -0.449 e. The summed E-state index contributed by atoms with van der Waals surface area (Å²) in [5, 5.41) is 0. The highest BCUT2D eigenvalue weighted by molar-refractivity contribution is 5.67. The van der Waals surface area contributed by atoms with Crippen LogP contribution in [0.25, 0.3) is 0 Å². The number of alkyl halides is 3. The van der Waals surface area contributed by atoms with Gasteiger partial charge in [0, 0.05) is 13.1 Å². The Morgan fingerprint density at radius 1 is 1.44 bits per heavy atom. The summed E-state index contributed by atoms with van der Waals surface area (Å²) < 4.78 is 41.0. The normalized spacial score (nSPS) is 11.7. The Morgan fingerprint density at radius 3 is 2.38 bits per heavy atom. The van der Waals surface area contributed by atoms with Crippen LogP contribution in [0.1, 0.15) is 13.8 Å². The van der Waals surface area contributed by atoms with Gasteiger partial charge in [-0.3, -0.25) is 4.90 Å². The molecule has 4 nitrogen and oxygen atoms in total. The van der Waals surface area contributed by atoms with Gasteiger partial charge in [0.1, 0.15) is 6.54 Å². The maximum absolute atomic E-state index is 12.1. The third kappa shape index (κ3) is 7.33. The lowest BCUT2D eigenvalue weighted by atomic mass is 10.2. The molecule has 0 spiro atoms. The number of hydrogen-bond acceptors (Lipinski definition) is 3. The second kappa shape index (κ2) is 6.57. The fourth-order valence-corrected chi connectivity index (χ4v) is 0.936. The standard InChI is InChI=1S/C9H17F3N2O2/c1-7(2)5-16-8(15)14(4-3-13)6-9(10,11)12/h7H,3-6,13H2,1-2H3. The quantitative estimate of drug-likeness (QED) is 0.796. The second-order valence-corrected chi connectivity index (χ2v) is 3.80. The van der Waals surface area contributed by atoms with Crippen LogP contribution in [0.3, 0.4) is 0 Å². The van der Waals surface area contributed by atoms with Crippen LogP contribution >= 0.6 is 0 Å². The lowest BCUT2D eigenvalue weighted by Crippen LogP contribution is -2.42. The van der Waals surface area contributed by atoms with Crippen molar-refractivity contribution in [3.05, 3.63) is 0 Å². The molecular formula is C9H17F3N2O2. The molecule has 0 radical (unpaired) electrons. The molecule has 0 unspecified atom stereocenters. The number of halogens is 3. The SMILES string of the molecule is CC(C)COC(=O)N(CCN)CC(F)(F)F. The number of hydrogen-bond donors (Lipinski definition) is 1. The summed E-state index contributed by atoms with van der Waals surface area (Å²) in [5.74, 6) is 0.0783. The maximum Gasteiger partial charge on any atom is 0.410 e. The van der Waals surface area contributed by atoms with Gasteiger partial charge in [-0.1, -0.05) is 13.8 Å². The molecule has 96 valence electrons. The van der Waals surface area contributed by atoms with E-state index in [0.717, 1.165) is 0 Å². The summed E-state index contributed by atoms with van der Waals surface area (Å²) in [4.78, 5) is 11.8. The highest BCUT2D eigenvalue weighted by Gasteiger charge is 2.33. The van der Waals surface area contributed by atoms with E-state index in [2.05, 4.69) is 0 Å². The monoisotopic (exact) mass is 242 g/mol. The lowest BCUT2D eigenvalue weighted by Gasteiger charge is -2.23. The Hall–Kier alpha value is -0.980. The van der Waals surface area contributed by atoms with Gasteiger partial charge >= 0.3 is 12.3 Å². The van der Waals surface area contributed by atoms with Gasteiger partial charge in [-0.15, -0.1) is 0 Å². The van der Waals surface area contributed by atoms with E-state index in [1.807, 2.05) is 0 Å². The fraction of sp³-hybridized carbons (Fsp3) is 0.889. The predicted octanol–water partition coefficient (Wildman–Crippen LogP) is 1.60. The summed E-state index contributed by atoms with van der Waals surface area (Å²) in [7, 11) is 0. The molecule has 0 aliphatic rings. The molecule has 0 rings (SSSR count). The minimum atomic E-state index is -4.44. The highest BCUT2D eigenvalue weighted by Crippen LogP contribution is 2.16. The lowest BCUT2D eigenvalue weighted by molar-refractivity contribution is -0.142. The van der Waals surface area contributed by atoms with E-state index >= 15 is 0 Å². The number of carbonyl (C=O) groups excluding carboxylic acids is 1. The molecular weight excluding hydrogens is 225 g/mol. The number of nitrogens with zero attached hydrogens (tertiary/aromatic N) is 1.